The molecule has 3 rings (SSSR count). The van der Waals surface area contributed by atoms with Crippen LogP contribution in [0.25, 0.3) is 0 Å². The van der Waals surface area contributed by atoms with Crippen molar-refractivity contribution in [3.63, 3.8) is 0 Å². The van der Waals surface area contributed by atoms with Crippen LogP contribution >= 0.6 is 12.3 Å². The molecule has 0 spiro atoms. The minimum atomic E-state index is -4.80. The van der Waals surface area contributed by atoms with Crippen molar-refractivity contribution in [3.8, 4) is 0 Å². The first kappa shape index (κ1) is 25.4. The maximum Gasteiger partial charge on any atom is 0.397 e. The lowest BCUT2D eigenvalue weighted by molar-refractivity contribution is -0.435. The molecule has 3 aliphatic heterocycles. The SMILES string of the molecule is COC1[C@@H](OSOOO)C(CO)O[C@@H](O[C@H]2C3CO[C@H]2C(OS(=O)(=O)O)[C@H](C)O3)[C@@H]1O. The number of rotatable bonds is 10. The van der Waals surface area contributed by atoms with Gasteiger partial charge < -0.3 is 33.9 Å². The predicted octanol–water partition coefficient (Wildman–Crippen LogP) is -1.79. The first-order valence-corrected chi connectivity index (χ1v) is 11.1. The Morgan fingerprint density at radius 2 is 1.90 bits per heavy atom. The van der Waals surface area contributed by atoms with Crippen LogP contribution in [0.2, 0.25) is 0 Å². The summed E-state index contributed by atoms with van der Waals surface area (Å²) in [5.74, 6) is 0. The standard InChI is InChI=1S/C14H24O15S2/c1-5-9(27-31(18,19)20)13-10(7(23-5)4-22-13)25-14-8(16)12(21-2)11(6(3-15)24-14)26-30-29-28-17/h5-17H,3-4H2,1-2H3,(H,18,19,20)/t5-,6?,7?,8+,9?,10-,11-,12?,13-,14-/m0/s1. The van der Waals surface area contributed by atoms with Crippen molar-refractivity contribution in [1.82, 2.24) is 0 Å². The van der Waals surface area contributed by atoms with Gasteiger partial charge in [0.15, 0.2) is 18.6 Å². The van der Waals surface area contributed by atoms with Crippen LogP contribution in [0.1, 0.15) is 6.92 Å². The Hall–Kier alpha value is -0.220. The van der Waals surface area contributed by atoms with Gasteiger partial charge in [-0.15, -0.1) is 4.33 Å². The normalized spacial score (nSPS) is 43.3. The molecule has 0 radical (unpaired) electrons. The third-order valence-corrected chi connectivity index (χ3v) is 6.00. The molecule has 10 atom stereocenters. The van der Waals surface area contributed by atoms with Crippen LogP contribution in [0, 0.1) is 0 Å². The van der Waals surface area contributed by atoms with Crippen LogP contribution in [0.4, 0.5) is 0 Å². The summed E-state index contributed by atoms with van der Waals surface area (Å²) in [6.45, 7) is 1.03. The fraction of sp³-hybridized carbons (Fsp3) is 1.00. The number of fused-ring (bicyclic) bond motifs is 2. The van der Waals surface area contributed by atoms with Crippen molar-refractivity contribution < 1.29 is 69.9 Å². The number of hydrogen-bond acceptors (Lipinski definition) is 15. The maximum absolute atomic E-state index is 11.2. The van der Waals surface area contributed by atoms with Crippen molar-refractivity contribution in [1.29, 1.82) is 0 Å². The van der Waals surface area contributed by atoms with E-state index in [0.29, 0.717) is 0 Å². The third-order valence-electron chi connectivity index (χ3n) is 5.12. The van der Waals surface area contributed by atoms with E-state index in [4.69, 9.17) is 37.7 Å². The largest absolute Gasteiger partial charge is 0.397 e. The monoisotopic (exact) mass is 496 g/mol. The van der Waals surface area contributed by atoms with Gasteiger partial charge in [0.05, 0.1) is 19.3 Å². The summed E-state index contributed by atoms with van der Waals surface area (Å²) >= 11 is 0.221. The van der Waals surface area contributed by atoms with E-state index in [9.17, 15) is 18.6 Å². The molecule has 0 saturated carbocycles. The number of aliphatic hydroxyl groups excluding tert-OH is 2. The summed E-state index contributed by atoms with van der Waals surface area (Å²) in [5.41, 5.74) is 0. The zero-order chi connectivity index (χ0) is 22.8. The fourth-order valence-electron chi connectivity index (χ4n) is 3.83. The Morgan fingerprint density at radius 3 is 2.52 bits per heavy atom. The highest BCUT2D eigenvalue weighted by Crippen LogP contribution is 2.37. The molecule has 0 aliphatic carbocycles. The summed E-state index contributed by atoms with van der Waals surface area (Å²) in [6.07, 6.45) is -10.5. The van der Waals surface area contributed by atoms with Gasteiger partial charge in [-0.3, -0.25) is 8.74 Å². The molecule has 0 aromatic carbocycles. The summed E-state index contributed by atoms with van der Waals surface area (Å²) in [7, 11) is -3.52. The summed E-state index contributed by atoms with van der Waals surface area (Å²) in [5, 5.41) is 32.0. The second-order valence-corrected chi connectivity index (χ2v) is 8.47. The predicted molar refractivity (Wildman–Crippen MR) is 95.2 cm³/mol. The van der Waals surface area contributed by atoms with Gasteiger partial charge in [0.2, 0.25) is 0 Å². The lowest BCUT2D eigenvalue weighted by Crippen LogP contribution is -2.63. The summed E-state index contributed by atoms with van der Waals surface area (Å²) < 4.78 is 73.4. The van der Waals surface area contributed by atoms with Crippen LogP contribution in [-0.2, 0) is 51.8 Å². The molecule has 3 saturated heterocycles. The lowest BCUT2D eigenvalue weighted by atomic mass is 9.97. The average Bonchev–Trinajstić information content (AvgIpc) is 3.01. The van der Waals surface area contributed by atoms with E-state index in [1.807, 2.05) is 0 Å². The van der Waals surface area contributed by atoms with E-state index in [1.165, 1.54) is 7.11 Å². The number of hydrogen-bond donors (Lipinski definition) is 4. The molecule has 182 valence electrons. The Balaban J connectivity index is 1.72. The number of ether oxygens (including phenoxy) is 5. The van der Waals surface area contributed by atoms with Gasteiger partial charge in [0.1, 0.15) is 48.8 Å². The fourth-order valence-corrected chi connectivity index (χ4v) is 4.76. The molecule has 3 heterocycles. The summed E-state index contributed by atoms with van der Waals surface area (Å²) in [6, 6.07) is 0. The van der Waals surface area contributed by atoms with Gasteiger partial charge in [-0.05, 0) is 6.92 Å². The first-order chi connectivity index (χ1) is 14.7. The van der Waals surface area contributed by atoms with E-state index >= 15 is 0 Å². The van der Waals surface area contributed by atoms with Crippen molar-refractivity contribution in [2.75, 3.05) is 20.3 Å². The topological polar surface area (TPSA) is 198 Å². The first-order valence-electron chi connectivity index (χ1n) is 9.05. The molecule has 4 N–H and O–H groups in total. The van der Waals surface area contributed by atoms with Crippen LogP contribution in [-0.4, -0.2) is 110 Å². The Morgan fingerprint density at radius 1 is 1.16 bits per heavy atom. The molecule has 4 unspecified atom stereocenters. The molecule has 0 amide bonds. The molecule has 3 aliphatic rings. The van der Waals surface area contributed by atoms with Gasteiger partial charge >= 0.3 is 10.4 Å². The smallest absolute Gasteiger partial charge is 0.394 e. The second-order valence-electron chi connectivity index (χ2n) is 6.95. The van der Waals surface area contributed by atoms with E-state index in [-0.39, 0.29) is 18.9 Å². The zero-order valence-corrected chi connectivity index (χ0v) is 17.9. The minimum Gasteiger partial charge on any atom is -0.394 e. The van der Waals surface area contributed by atoms with Crippen molar-refractivity contribution in [2.45, 2.75) is 68.1 Å². The summed E-state index contributed by atoms with van der Waals surface area (Å²) in [4.78, 5) is 0. The highest BCUT2D eigenvalue weighted by atomic mass is 32.3. The van der Waals surface area contributed by atoms with Crippen LogP contribution < -0.4 is 0 Å². The third kappa shape index (κ3) is 5.83. The molecule has 15 nitrogen and oxygen atoms in total. The average molecular weight is 496 g/mol. The maximum atomic E-state index is 11.2. The molecule has 3 fully saturated rings. The second kappa shape index (κ2) is 10.8. The molecular formula is C14H24O15S2. The van der Waals surface area contributed by atoms with Crippen LogP contribution in [0.5, 0.6) is 0 Å². The van der Waals surface area contributed by atoms with E-state index in [2.05, 4.69) is 13.6 Å². The van der Waals surface area contributed by atoms with Gasteiger partial charge in [0, 0.05) is 7.11 Å². The molecule has 17 heteroatoms. The molecule has 2 bridgehead atoms. The van der Waals surface area contributed by atoms with Crippen molar-refractivity contribution >= 4 is 22.7 Å². The molecule has 31 heavy (non-hydrogen) atoms. The van der Waals surface area contributed by atoms with Crippen molar-refractivity contribution in [2.24, 2.45) is 0 Å². The number of methoxy groups -OCH3 is 1. The lowest BCUT2D eigenvalue weighted by Gasteiger charge is -2.45. The highest BCUT2D eigenvalue weighted by molar-refractivity contribution is 7.89. The Kier molecular flexibility index (Phi) is 8.85. The Bertz CT molecular complexity index is 679. The minimum absolute atomic E-state index is 0.0475. The van der Waals surface area contributed by atoms with E-state index in [0.717, 1.165) is 0 Å². The van der Waals surface area contributed by atoms with Crippen LogP contribution in [0.3, 0.4) is 0 Å². The van der Waals surface area contributed by atoms with Crippen LogP contribution in [0.15, 0.2) is 0 Å². The van der Waals surface area contributed by atoms with E-state index < -0.39 is 78.2 Å². The van der Waals surface area contributed by atoms with E-state index in [1.54, 1.807) is 6.92 Å². The van der Waals surface area contributed by atoms with Gasteiger partial charge in [-0.1, -0.05) is 5.04 Å². The quantitative estimate of drug-likeness (QED) is 0.0868. The molecule has 0 aromatic heterocycles. The van der Waals surface area contributed by atoms with Gasteiger partial charge in [-0.25, -0.2) is 9.44 Å². The highest BCUT2D eigenvalue weighted by Gasteiger charge is 2.56. The van der Waals surface area contributed by atoms with Gasteiger partial charge in [-0.2, -0.15) is 8.42 Å². The number of aliphatic hydroxyl groups is 2. The molecule has 0 aromatic rings. The van der Waals surface area contributed by atoms with Gasteiger partial charge in [0.25, 0.3) is 0 Å². The zero-order valence-electron chi connectivity index (χ0n) is 16.3. The van der Waals surface area contributed by atoms with Crippen molar-refractivity contribution in [3.05, 3.63) is 0 Å². The molecular weight excluding hydrogens is 472 g/mol. The Labute approximate surface area is 181 Å².